The third-order valence-corrected chi connectivity index (χ3v) is 2.86. The molecule has 0 saturated heterocycles. The van der Waals surface area contributed by atoms with E-state index < -0.39 is 0 Å². The summed E-state index contributed by atoms with van der Waals surface area (Å²) in [6.07, 6.45) is 4.34. The minimum atomic E-state index is 1.03. The Morgan fingerprint density at radius 1 is 1.23 bits per heavy atom. The fraction of sp³-hybridized carbons (Fsp3) is 0. The SMILES string of the molecule is Brc1ccc(-c2c[c]oc2)c(Br)c1. The second-order valence-electron chi connectivity index (χ2n) is 2.58. The van der Waals surface area contributed by atoms with Crippen molar-refractivity contribution >= 4 is 31.9 Å². The molecular formula is C10H5Br2O. The minimum Gasteiger partial charge on any atom is -0.460 e. The summed E-state index contributed by atoms with van der Waals surface area (Å²) >= 11 is 6.88. The minimum absolute atomic E-state index is 1.03. The summed E-state index contributed by atoms with van der Waals surface area (Å²) in [6, 6.07) is 7.83. The van der Waals surface area contributed by atoms with E-state index in [1.807, 2.05) is 24.3 Å². The summed E-state index contributed by atoms with van der Waals surface area (Å²) < 4.78 is 6.99. The maximum atomic E-state index is 4.90. The van der Waals surface area contributed by atoms with Gasteiger partial charge in [-0.15, -0.1) is 0 Å². The van der Waals surface area contributed by atoms with Crippen LogP contribution in [-0.4, -0.2) is 0 Å². The maximum Gasteiger partial charge on any atom is 0.169 e. The van der Waals surface area contributed by atoms with Gasteiger partial charge in [0.2, 0.25) is 0 Å². The first-order chi connectivity index (χ1) is 6.27. The maximum absolute atomic E-state index is 4.90. The van der Waals surface area contributed by atoms with E-state index in [0.29, 0.717) is 0 Å². The summed E-state index contributed by atoms with van der Waals surface area (Å²) in [5.74, 6) is 0. The molecule has 3 heteroatoms. The van der Waals surface area contributed by atoms with Gasteiger partial charge < -0.3 is 4.42 Å². The highest BCUT2D eigenvalue weighted by Gasteiger charge is 2.04. The molecule has 1 aromatic heterocycles. The van der Waals surface area contributed by atoms with Crippen LogP contribution in [0, 0.1) is 6.26 Å². The van der Waals surface area contributed by atoms with Gasteiger partial charge in [-0.1, -0.05) is 37.9 Å². The molecule has 13 heavy (non-hydrogen) atoms. The Hall–Kier alpha value is -0.540. The number of halogens is 2. The number of furan rings is 1. The molecule has 65 valence electrons. The van der Waals surface area contributed by atoms with E-state index in [1.165, 1.54) is 0 Å². The average Bonchev–Trinajstić information content (AvgIpc) is 2.56. The van der Waals surface area contributed by atoms with Crippen molar-refractivity contribution < 1.29 is 4.42 Å². The van der Waals surface area contributed by atoms with Crippen LogP contribution in [0.4, 0.5) is 0 Å². The van der Waals surface area contributed by atoms with Gasteiger partial charge >= 0.3 is 0 Å². The Morgan fingerprint density at radius 2 is 2.08 bits per heavy atom. The number of hydrogen-bond acceptors (Lipinski definition) is 1. The van der Waals surface area contributed by atoms with Crippen molar-refractivity contribution in [3.8, 4) is 11.1 Å². The van der Waals surface area contributed by atoms with Gasteiger partial charge in [0.25, 0.3) is 0 Å². The lowest BCUT2D eigenvalue weighted by Crippen LogP contribution is -1.76. The molecule has 0 aliphatic carbocycles. The highest BCUT2D eigenvalue weighted by atomic mass is 79.9. The molecule has 0 bridgehead atoms. The summed E-state index contributed by atoms with van der Waals surface area (Å²) in [7, 11) is 0. The van der Waals surface area contributed by atoms with Crippen LogP contribution in [0.2, 0.25) is 0 Å². The zero-order valence-corrected chi connectivity index (χ0v) is 9.72. The molecular weight excluding hydrogens is 296 g/mol. The van der Waals surface area contributed by atoms with Crippen LogP contribution >= 0.6 is 31.9 Å². The first-order valence-electron chi connectivity index (χ1n) is 3.67. The van der Waals surface area contributed by atoms with E-state index in [9.17, 15) is 0 Å². The van der Waals surface area contributed by atoms with Gasteiger partial charge in [0.15, 0.2) is 6.26 Å². The molecule has 2 aromatic rings. The van der Waals surface area contributed by atoms with Gasteiger partial charge in [-0.05, 0) is 23.8 Å². The van der Waals surface area contributed by atoms with E-state index in [0.717, 1.165) is 20.1 Å². The molecule has 1 heterocycles. The average molecular weight is 301 g/mol. The standard InChI is InChI=1S/C10H5Br2O/c11-8-1-2-9(10(12)5-8)7-3-4-13-6-7/h1-3,5-6H. The molecule has 2 rings (SSSR count). The molecule has 0 N–H and O–H groups in total. The topological polar surface area (TPSA) is 13.1 Å². The number of benzene rings is 1. The molecule has 0 saturated carbocycles. The Balaban J connectivity index is 2.53. The number of hydrogen-bond donors (Lipinski definition) is 0. The summed E-state index contributed by atoms with van der Waals surface area (Å²) in [5.41, 5.74) is 2.13. The molecule has 0 aliphatic rings. The van der Waals surface area contributed by atoms with Crippen molar-refractivity contribution in [2.75, 3.05) is 0 Å². The monoisotopic (exact) mass is 299 g/mol. The Labute approximate surface area is 93.0 Å². The largest absolute Gasteiger partial charge is 0.460 e. The third-order valence-electron chi connectivity index (χ3n) is 1.71. The first-order valence-corrected chi connectivity index (χ1v) is 5.26. The molecule has 1 aromatic carbocycles. The molecule has 0 spiro atoms. The molecule has 0 atom stereocenters. The molecule has 1 nitrogen and oxygen atoms in total. The van der Waals surface area contributed by atoms with Gasteiger partial charge in [0, 0.05) is 14.5 Å². The lowest BCUT2D eigenvalue weighted by molar-refractivity contribution is 0.559. The van der Waals surface area contributed by atoms with Gasteiger partial charge in [0.1, 0.15) is 0 Å². The van der Waals surface area contributed by atoms with Crippen LogP contribution in [-0.2, 0) is 0 Å². The highest BCUT2D eigenvalue weighted by Crippen LogP contribution is 2.30. The first kappa shape index (κ1) is 9.03. The van der Waals surface area contributed by atoms with Crippen LogP contribution in [0.5, 0.6) is 0 Å². The predicted molar refractivity (Wildman–Crippen MR) is 58.4 cm³/mol. The number of rotatable bonds is 1. The van der Waals surface area contributed by atoms with E-state index >= 15 is 0 Å². The second-order valence-corrected chi connectivity index (χ2v) is 4.35. The van der Waals surface area contributed by atoms with Gasteiger partial charge in [0.05, 0.1) is 6.26 Å². The fourth-order valence-corrected chi connectivity index (χ4v) is 2.37. The Bertz CT molecular complexity index is 407. The van der Waals surface area contributed by atoms with Crippen LogP contribution < -0.4 is 0 Å². The normalized spacial score (nSPS) is 10.3. The smallest absolute Gasteiger partial charge is 0.169 e. The summed E-state index contributed by atoms with van der Waals surface area (Å²) in [6.45, 7) is 0. The van der Waals surface area contributed by atoms with Crippen molar-refractivity contribution in [3.63, 3.8) is 0 Å². The Kier molecular flexibility index (Phi) is 2.56. The van der Waals surface area contributed by atoms with Crippen molar-refractivity contribution in [2.24, 2.45) is 0 Å². The van der Waals surface area contributed by atoms with E-state index in [1.54, 1.807) is 6.26 Å². The summed E-state index contributed by atoms with van der Waals surface area (Å²) in [4.78, 5) is 0. The lowest BCUT2D eigenvalue weighted by atomic mass is 10.1. The third kappa shape index (κ3) is 1.86. The van der Waals surface area contributed by atoms with Gasteiger partial charge in [-0.25, -0.2) is 0 Å². The highest BCUT2D eigenvalue weighted by molar-refractivity contribution is 9.11. The zero-order chi connectivity index (χ0) is 9.26. The van der Waals surface area contributed by atoms with Crippen LogP contribution in [0.15, 0.2) is 43.9 Å². The predicted octanol–water partition coefficient (Wildman–Crippen LogP) is 4.27. The second kappa shape index (κ2) is 3.68. The van der Waals surface area contributed by atoms with E-state index in [4.69, 9.17) is 4.42 Å². The van der Waals surface area contributed by atoms with Crippen molar-refractivity contribution in [1.29, 1.82) is 0 Å². The van der Waals surface area contributed by atoms with Crippen LogP contribution in [0.1, 0.15) is 0 Å². The van der Waals surface area contributed by atoms with Crippen molar-refractivity contribution in [1.82, 2.24) is 0 Å². The van der Waals surface area contributed by atoms with Gasteiger partial charge in [-0.3, -0.25) is 0 Å². The lowest BCUT2D eigenvalue weighted by Gasteiger charge is -2.00. The van der Waals surface area contributed by atoms with E-state index in [-0.39, 0.29) is 0 Å². The van der Waals surface area contributed by atoms with Gasteiger partial charge in [-0.2, -0.15) is 0 Å². The molecule has 0 aliphatic heterocycles. The zero-order valence-electron chi connectivity index (χ0n) is 6.55. The quantitative estimate of drug-likeness (QED) is 0.766. The van der Waals surface area contributed by atoms with Crippen LogP contribution in [0.25, 0.3) is 11.1 Å². The molecule has 0 fully saturated rings. The van der Waals surface area contributed by atoms with E-state index in [2.05, 4.69) is 38.1 Å². The van der Waals surface area contributed by atoms with Crippen molar-refractivity contribution in [2.45, 2.75) is 0 Å². The van der Waals surface area contributed by atoms with Crippen LogP contribution in [0.3, 0.4) is 0 Å². The van der Waals surface area contributed by atoms with Crippen molar-refractivity contribution in [3.05, 3.63) is 45.7 Å². The molecule has 0 unspecified atom stereocenters. The molecule has 1 radical (unpaired) electrons. The fourth-order valence-electron chi connectivity index (χ4n) is 1.09. The molecule has 0 amide bonds. The summed E-state index contributed by atoms with van der Waals surface area (Å²) in [5, 5.41) is 0. The Morgan fingerprint density at radius 3 is 2.69 bits per heavy atom.